The summed E-state index contributed by atoms with van der Waals surface area (Å²) < 4.78 is 9.09. The minimum absolute atomic E-state index is 0. The van der Waals surface area contributed by atoms with Crippen molar-refractivity contribution in [3.63, 3.8) is 0 Å². The summed E-state index contributed by atoms with van der Waals surface area (Å²) in [6, 6.07) is 0. The Labute approximate surface area is 92.9 Å². The molecule has 0 aromatic heterocycles. The molecule has 0 amide bonds. The standard InChI is InChI=1S/Cl2OS.2Na/c1-4(2)3;;. The fourth-order valence-corrected chi connectivity index (χ4v) is 0. The molecule has 0 spiro atoms. The van der Waals surface area contributed by atoms with E-state index in [2.05, 4.69) is 21.4 Å². The predicted molar refractivity (Wildman–Crippen MR) is 31.4 cm³/mol. The first-order valence-electron chi connectivity index (χ1n) is 0.475. The van der Waals surface area contributed by atoms with Crippen molar-refractivity contribution < 1.29 is 4.55 Å². The van der Waals surface area contributed by atoms with Crippen LogP contribution in [-0.4, -0.2) is 63.7 Å². The van der Waals surface area contributed by atoms with Crippen molar-refractivity contribution in [2.75, 3.05) is 0 Å². The van der Waals surface area contributed by atoms with E-state index in [1.807, 2.05) is 0 Å². The van der Waals surface area contributed by atoms with Gasteiger partial charge in [0.25, 0.3) is 0 Å². The van der Waals surface area contributed by atoms with Gasteiger partial charge in [0.05, 0.1) is 0 Å². The fraction of sp³-hybridized carbons (Fsp3) is 0. The third-order valence-corrected chi connectivity index (χ3v) is 0. The first-order valence-corrected chi connectivity index (χ1v) is 3.28. The Hall–Kier alpha value is 2.89. The zero-order valence-corrected chi connectivity index (χ0v) is 9.90. The normalized spacial score (nSPS) is 6.00. The van der Waals surface area contributed by atoms with Gasteiger partial charge in [-0.05, 0) is 0 Å². The fourth-order valence-electron chi connectivity index (χ4n) is 0. The van der Waals surface area contributed by atoms with Crippen LogP contribution in [0, 0.1) is 0 Å². The SMILES string of the molecule is [Na].[Na].[O-][S+](Cl)Cl. The Balaban J connectivity index is -0.0000000450. The van der Waals surface area contributed by atoms with Crippen molar-refractivity contribution >= 4 is 90.1 Å². The Morgan fingerprint density at radius 3 is 1.17 bits per heavy atom. The van der Waals surface area contributed by atoms with E-state index in [4.69, 9.17) is 4.55 Å². The molecule has 1 nitrogen and oxygen atoms in total. The predicted octanol–water partition coefficient (Wildman–Crippen LogP) is 0.281. The first-order chi connectivity index (χ1) is 1.73. The zero-order chi connectivity index (χ0) is 3.58. The van der Waals surface area contributed by atoms with Crippen molar-refractivity contribution in [3.8, 4) is 0 Å². The molecule has 0 atom stereocenters. The van der Waals surface area contributed by atoms with Gasteiger partial charge in [0.1, 0.15) is 0 Å². The van der Waals surface area contributed by atoms with Crippen LogP contribution in [0.2, 0.25) is 0 Å². The van der Waals surface area contributed by atoms with Crippen LogP contribution in [0.1, 0.15) is 0 Å². The van der Waals surface area contributed by atoms with Gasteiger partial charge in [-0.25, -0.2) is 0 Å². The molecule has 0 fully saturated rings. The van der Waals surface area contributed by atoms with Gasteiger partial charge < -0.3 is 4.55 Å². The maximum atomic E-state index is 9.09. The van der Waals surface area contributed by atoms with Crippen LogP contribution in [0.3, 0.4) is 0 Å². The Kier molecular flexibility index (Phi) is 28.7. The van der Waals surface area contributed by atoms with Crippen molar-refractivity contribution in [3.05, 3.63) is 0 Å². The van der Waals surface area contributed by atoms with Crippen LogP contribution in [0.15, 0.2) is 0 Å². The molecule has 0 aromatic rings. The van der Waals surface area contributed by atoms with Crippen LogP contribution in [-0.2, 0) is 9.60 Å². The smallest absolute Gasteiger partial charge is 0.198 e. The molecule has 0 aliphatic heterocycles. The van der Waals surface area contributed by atoms with E-state index in [1.54, 1.807) is 0 Å². The summed E-state index contributed by atoms with van der Waals surface area (Å²) in [5, 5.41) is 0. The first kappa shape index (κ1) is 16.0. The Morgan fingerprint density at radius 1 is 1.17 bits per heavy atom. The van der Waals surface area contributed by atoms with Gasteiger partial charge in [0, 0.05) is 59.1 Å². The van der Waals surface area contributed by atoms with Gasteiger partial charge in [0.2, 0.25) is 0 Å². The van der Waals surface area contributed by atoms with Crippen LogP contribution >= 0.6 is 21.4 Å². The van der Waals surface area contributed by atoms with Gasteiger partial charge >= 0.3 is 0 Å². The Morgan fingerprint density at radius 2 is 1.17 bits per heavy atom. The molecule has 0 rings (SSSR count). The molecule has 2 radical (unpaired) electrons. The molecule has 6 heavy (non-hydrogen) atoms. The molecule has 0 heterocycles. The van der Waals surface area contributed by atoms with E-state index in [0.717, 1.165) is 0 Å². The molecule has 0 saturated heterocycles. The molecule has 0 N–H and O–H groups in total. The summed E-state index contributed by atoms with van der Waals surface area (Å²) >= 11 is 0. The molecule has 0 unspecified atom stereocenters. The molecule has 0 aromatic carbocycles. The molecular formula is Cl2Na2OS. The third kappa shape index (κ3) is 28.6. The topological polar surface area (TPSA) is 23.1 Å². The van der Waals surface area contributed by atoms with E-state index < -0.39 is 9.60 Å². The zero-order valence-electron chi connectivity index (χ0n) is 3.57. The second kappa shape index (κ2) is 10.8. The van der Waals surface area contributed by atoms with Gasteiger partial charge in [-0.2, -0.15) is 0 Å². The van der Waals surface area contributed by atoms with Gasteiger partial charge in [-0.1, -0.05) is 0 Å². The van der Waals surface area contributed by atoms with E-state index in [9.17, 15) is 0 Å². The maximum Gasteiger partial charge on any atom is 0.198 e. The minimum Gasteiger partial charge on any atom is -0.582 e. The molecule has 0 saturated carbocycles. The van der Waals surface area contributed by atoms with E-state index >= 15 is 0 Å². The summed E-state index contributed by atoms with van der Waals surface area (Å²) in [6.45, 7) is 0. The molecule has 6 heteroatoms. The summed E-state index contributed by atoms with van der Waals surface area (Å²) in [6.07, 6.45) is 0. The molecule has 28 valence electrons. The average Bonchev–Trinajstić information content (AvgIpc) is 0.811. The van der Waals surface area contributed by atoms with Crippen molar-refractivity contribution in [1.82, 2.24) is 0 Å². The van der Waals surface area contributed by atoms with Crippen molar-refractivity contribution in [2.24, 2.45) is 0 Å². The van der Waals surface area contributed by atoms with E-state index in [0.29, 0.717) is 0 Å². The second-order valence-corrected chi connectivity index (χ2v) is 2.71. The average molecular weight is 165 g/mol. The molecule has 0 aliphatic carbocycles. The van der Waals surface area contributed by atoms with Crippen molar-refractivity contribution in [1.29, 1.82) is 0 Å². The summed E-state index contributed by atoms with van der Waals surface area (Å²) in [5.41, 5.74) is 0. The maximum absolute atomic E-state index is 9.09. The quantitative estimate of drug-likeness (QED) is 0.373. The second-order valence-electron chi connectivity index (χ2n) is 0.184. The number of halogens is 2. The number of rotatable bonds is 0. The van der Waals surface area contributed by atoms with E-state index in [1.165, 1.54) is 0 Å². The van der Waals surface area contributed by atoms with E-state index in [-0.39, 0.29) is 59.1 Å². The van der Waals surface area contributed by atoms with Crippen LogP contribution in [0.4, 0.5) is 0 Å². The molecular weight excluding hydrogens is 165 g/mol. The summed E-state index contributed by atoms with van der Waals surface area (Å²) in [4.78, 5) is 0. The third-order valence-electron chi connectivity index (χ3n) is 0. The van der Waals surface area contributed by atoms with Crippen LogP contribution in [0.5, 0.6) is 0 Å². The van der Waals surface area contributed by atoms with Gasteiger partial charge in [-0.15, -0.1) is 0 Å². The van der Waals surface area contributed by atoms with Crippen molar-refractivity contribution in [2.45, 2.75) is 0 Å². The Bertz CT molecular complexity index is 16.3. The van der Waals surface area contributed by atoms with Crippen LogP contribution < -0.4 is 0 Å². The summed E-state index contributed by atoms with van der Waals surface area (Å²) in [5.74, 6) is 0. The van der Waals surface area contributed by atoms with Gasteiger partial charge in [-0.3, -0.25) is 0 Å². The molecule has 0 aliphatic rings. The minimum atomic E-state index is -1.67. The number of hydrogen-bond acceptors (Lipinski definition) is 1. The molecule has 0 bridgehead atoms. The monoisotopic (exact) mass is 164 g/mol. The summed E-state index contributed by atoms with van der Waals surface area (Å²) in [7, 11) is 7.36. The largest absolute Gasteiger partial charge is 0.582 e. The number of hydrogen-bond donors (Lipinski definition) is 0. The van der Waals surface area contributed by atoms with Crippen LogP contribution in [0.25, 0.3) is 0 Å². The van der Waals surface area contributed by atoms with Gasteiger partial charge in [0.15, 0.2) is 31.0 Å².